The molecule has 0 aromatic heterocycles. The molecule has 0 saturated carbocycles. The first-order chi connectivity index (χ1) is 4.79. The first-order valence-corrected chi connectivity index (χ1v) is 4.45. The molecule has 60 valence electrons. The summed E-state index contributed by atoms with van der Waals surface area (Å²) in [6, 6.07) is 0. The summed E-state index contributed by atoms with van der Waals surface area (Å²) in [5.41, 5.74) is 0. The maximum Gasteiger partial charge on any atom is 0.0597 e. The summed E-state index contributed by atoms with van der Waals surface area (Å²) in [7, 11) is 5.03. The molecule has 1 aliphatic rings. The highest BCUT2D eigenvalue weighted by Crippen LogP contribution is 2.20. The molecule has 1 fully saturated rings. The number of hydrogen-bond donors (Lipinski definition) is 0. The second-order valence-electron chi connectivity index (χ2n) is 2.59. The van der Waals surface area contributed by atoms with E-state index < -0.39 is 0 Å². The number of rotatable bonds is 2. The molecule has 0 spiro atoms. The molecule has 0 bridgehead atoms. The van der Waals surface area contributed by atoms with Gasteiger partial charge in [0.1, 0.15) is 0 Å². The smallest absolute Gasteiger partial charge is 0.0597 e. The summed E-state index contributed by atoms with van der Waals surface area (Å²) < 4.78 is 9.86. The molecule has 0 N–H and O–H groups in total. The van der Waals surface area contributed by atoms with Crippen molar-refractivity contribution in [3.63, 3.8) is 0 Å². The first kappa shape index (κ1) is 8.41. The van der Waals surface area contributed by atoms with Gasteiger partial charge in [-0.3, -0.25) is 9.34 Å². The minimum Gasteiger partial charge on any atom is -0.379 e. The Bertz CT molecular complexity index is 93.7. The quantitative estimate of drug-likeness (QED) is 0.546. The van der Waals surface area contributed by atoms with Crippen LogP contribution in [0.4, 0.5) is 0 Å². The van der Waals surface area contributed by atoms with Gasteiger partial charge in [0, 0.05) is 22.0 Å². The lowest BCUT2D eigenvalue weighted by molar-refractivity contribution is 0.0745. The SMILES string of the molecule is CN(C)PN1CCOCC1. The summed E-state index contributed by atoms with van der Waals surface area (Å²) in [6.45, 7) is 3.99. The topological polar surface area (TPSA) is 15.7 Å². The molecule has 0 amide bonds. The van der Waals surface area contributed by atoms with E-state index in [1.165, 1.54) is 0 Å². The van der Waals surface area contributed by atoms with Crippen molar-refractivity contribution >= 4 is 8.88 Å². The molecule has 0 aromatic carbocycles. The van der Waals surface area contributed by atoms with Crippen molar-refractivity contribution in [3.8, 4) is 0 Å². The average molecular weight is 162 g/mol. The van der Waals surface area contributed by atoms with E-state index in [0.29, 0.717) is 0 Å². The van der Waals surface area contributed by atoms with Crippen LogP contribution < -0.4 is 0 Å². The highest BCUT2D eigenvalue weighted by molar-refractivity contribution is 7.32. The lowest BCUT2D eigenvalue weighted by atomic mass is 10.5. The van der Waals surface area contributed by atoms with E-state index in [9.17, 15) is 0 Å². The van der Waals surface area contributed by atoms with E-state index in [0.717, 1.165) is 35.2 Å². The molecule has 1 unspecified atom stereocenters. The number of nitrogens with zero attached hydrogens (tertiary/aromatic N) is 2. The number of morpholine rings is 1. The lowest BCUT2D eigenvalue weighted by Gasteiger charge is -2.28. The van der Waals surface area contributed by atoms with Crippen molar-refractivity contribution in [1.82, 2.24) is 9.34 Å². The van der Waals surface area contributed by atoms with Gasteiger partial charge in [0.05, 0.1) is 13.2 Å². The highest BCUT2D eigenvalue weighted by atomic mass is 31.1. The highest BCUT2D eigenvalue weighted by Gasteiger charge is 2.09. The van der Waals surface area contributed by atoms with E-state index in [-0.39, 0.29) is 0 Å². The maximum atomic E-state index is 5.23. The normalized spacial score (nSPS) is 23.1. The zero-order chi connectivity index (χ0) is 7.40. The lowest BCUT2D eigenvalue weighted by Crippen LogP contribution is -2.31. The molecule has 1 rings (SSSR count). The van der Waals surface area contributed by atoms with Gasteiger partial charge >= 0.3 is 0 Å². The Balaban J connectivity index is 2.13. The third-order valence-electron chi connectivity index (χ3n) is 1.35. The van der Waals surface area contributed by atoms with Crippen molar-refractivity contribution in [3.05, 3.63) is 0 Å². The van der Waals surface area contributed by atoms with Gasteiger partial charge in [-0.25, -0.2) is 0 Å². The summed E-state index contributed by atoms with van der Waals surface area (Å²) in [5, 5.41) is 0. The molecule has 0 aromatic rings. The molecule has 0 aliphatic carbocycles. The fraction of sp³-hybridized carbons (Fsp3) is 1.00. The summed E-state index contributed by atoms with van der Waals surface area (Å²) in [5.74, 6) is 0. The molecule has 0 radical (unpaired) electrons. The van der Waals surface area contributed by atoms with Crippen molar-refractivity contribution in [2.75, 3.05) is 40.4 Å². The summed E-state index contributed by atoms with van der Waals surface area (Å²) >= 11 is 0. The van der Waals surface area contributed by atoms with Crippen molar-refractivity contribution in [2.24, 2.45) is 0 Å². The molecule has 10 heavy (non-hydrogen) atoms. The fourth-order valence-corrected chi connectivity index (χ4v) is 1.89. The van der Waals surface area contributed by atoms with Crippen molar-refractivity contribution in [2.45, 2.75) is 0 Å². The van der Waals surface area contributed by atoms with Crippen LogP contribution in [0.2, 0.25) is 0 Å². The Labute approximate surface area is 64.2 Å². The van der Waals surface area contributed by atoms with Gasteiger partial charge in [-0.05, 0) is 14.1 Å². The predicted octanol–water partition coefficient (Wildman–Crippen LogP) is 0.389. The number of hydrogen-bond acceptors (Lipinski definition) is 3. The van der Waals surface area contributed by atoms with E-state index >= 15 is 0 Å². The first-order valence-electron chi connectivity index (χ1n) is 3.55. The third-order valence-corrected chi connectivity index (χ3v) is 2.48. The predicted molar refractivity (Wildman–Crippen MR) is 44.4 cm³/mol. The molecule has 3 nitrogen and oxygen atoms in total. The van der Waals surface area contributed by atoms with Gasteiger partial charge in [0.25, 0.3) is 0 Å². The van der Waals surface area contributed by atoms with Crippen LogP contribution in [0.25, 0.3) is 0 Å². The van der Waals surface area contributed by atoms with Crippen LogP contribution in [-0.2, 0) is 4.74 Å². The van der Waals surface area contributed by atoms with Crippen LogP contribution in [0.3, 0.4) is 0 Å². The third kappa shape index (κ3) is 2.93. The zero-order valence-corrected chi connectivity index (χ0v) is 7.63. The van der Waals surface area contributed by atoms with Crippen LogP contribution in [0.1, 0.15) is 0 Å². The molecule has 1 aliphatic heterocycles. The molecule has 1 heterocycles. The van der Waals surface area contributed by atoms with Gasteiger partial charge in [0.2, 0.25) is 0 Å². The number of ether oxygens (including phenoxy) is 1. The Kier molecular flexibility index (Phi) is 3.57. The van der Waals surface area contributed by atoms with Gasteiger partial charge in [0.15, 0.2) is 0 Å². The molecular formula is C6H15N2OP. The zero-order valence-electron chi connectivity index (χ0n) is 6.63. The van der Waals surface area contributed by atoms with Crippen LogP contribution in [-0.4, -0.2) is 49.7 Å². The minimum absolute atomic E-state index is 0.825. The fourth-order valence-electron chi connectivity index (χ4n) is 0.946. The average Bonchev–Trinajstić information content (AvgIpc) is 1.88. The summed E-state index contributed by atoms with van der Waals surface area (Å²) in [4.78, 5) is 0. The Morgan fingerprint density at radius 2 is 1.90 bits per heavy atom. The molecule has 4 heteroatoms. The second-order valence-corrected chi connectivity index (χ2v) is 4.32. The van der Waals surface area contributed by atoms with E-state index in [1.807, 2.05) is 0 Å². The van der Waals surface area contributed by atoms with E-state index in [1.54, 1.807) is 0 Å². The van der Waals surface area contributed by atoms with E-state index in [2.05, 4.69) is 23.4 Å². The van der Waals surface area contributed by atoms with Gasteiger partial charge in [-0.2, -0.15) is 0 Å². The van der Waals surface area contributed by atoms with Crippen molar-refractivity contribution < 1.29 is 4.74 Å². The Morgan fingerprint density at radius 3 is 2.40 bits per heavy atom. The van der Waals surface area contributed by atoms with E-state index in [4.69, 9.17) is 4.74 Å². The second kappa shape index (κ2) is 4.24. The van der Waals surface area contributed by atoms with Crippen LogP contribution in [0, 0.1) is 0 Å². The Morgan fingerprint density at radius 1 is 1.30 bits per heavy atom. The van der Waals surface area contributed by atoms with Crippen LogP contribution >= 0.6 is 8.88 Å². The maximum absolute atomic E-state index is 5.23. The standard InChI is InChI=1S/C6H15N2OP/c1-7(2)10-8-3-5-9-6-4-8/h10H,3-6H2,1-2H3. The molecular weight excluding hydrogens is 147 g/mol. The summed E-state index contributed by atoms with van der Waals surface area (Å²) in [6.07, 6.45) is 0. The van der Waals surface area contributed by atoms with Crippen LogP contribution in [0.5, 0.6) is 0 Å². The molecule has 1 atom stereocenters. The minimum atomic E-state index is 0.825. The van der Waals surface area contributed by atoms with Crippen molar-refractivity contribution in [1.29, 1.82) is 0 Å². The van der Waals surface area contributed by atoms with Crippen LogP contribution in [0.15, 0.2) is 0 Å². The monoisotopic (exact) mass is 162 g/mol. The van der Waals surface area contributed by atoms with Gasteiger partial charge < -0.3 is 4.74 Å². The largest absolute Gasteiger partial charge is 0.379 e. The van der Waals surface area contributed by atoms with Gasteiger partial charge in [-0.1, -0.05) is 0 Å². The molecule has 1 saturated heterocycles. The Hall–Kier alpha value is 0.310. The van der Waals surface area contributed by atoms with Gasteiger partial charge in [-0.15, -0.1) is 0 Å².